The van der Waals surface area contributed by atoms with E-state index in [2.05, 4.69) is 11.8 Å². The number of piperazine rings is 1. The lowest BCUT2D eigenvalue weighted by molar-refractivity contribution is 0.0746. The first kappa shape index (κ1) is 22.2. The maximum atomic E-state index is 13.2. The van der Waals surface area contributed by atoms with Crippen molar-refractivity contribution in [3.63, 3.8) is 0 Å². The molecule has 2 heterocycles. The standard InChI is InChI=1S/C25H26ClFN4O/c1-3-23-22(16-18-4-8-20(26)9-5-18)24(29-17(2)28-23)30-12-14-31(15-13-30)25(32)19-6-10-21(27)11-7-19/h4-11H,3,12-16H2,1-2H3. The molecule has 1 aliphatic rings. The number of rotatable bonds is 5. The molecule has 1 saturated heterocycles. The molecule has 2 aromatic carbocycles. The summed E-state index contributed by atoms with van der Waals surface area (Å²) >= 11 is 6.05. The monoisotopic (exact) mass is 452 g/mol. The van der Waals surface area contributed by atoms with Gasteiger partial charge in [-0.05, 0) is 55.3 Å². The van der Waals surface area contributed by atoms with E-state index < -0.39 is 0 Å². The van der Waals surface area contributed by atoms with Crippen molar-refractivity contribution in [1.29, 1.82) is 0 Å². The van der Waals surface area contributed by atoms with Gasteiger partial charge < -0.3 is 9.80 Å². The van der Waals surface area contributed by atoms with Crippen molar-refractivity contribution >= 4 is 23.3 Å². The zero-order chi connectivity index (χ0) is 22.7. The van der Waals surface area contributed by atoms with Gasteiger partial charge in [-0.1, -0.05) is 30.7 Å². The van der Waals surface area contributed by atoms with Gasteiger partial charge in [0.15, 0.2) is 0 Å². The summed E-state index contributed by atoms with van der Waals surface area (Å²) < 4.78 is 13.2. The van der Waals surface area contributed by atoms with E-state index in [-0.39, 0.29) is 11.7 Å². The molecule has 0 saturated carbocycles. The number of benzene rings is 2. The number of nitrogens with zero attached hydrogens (tertiary/aromatic N) is 4. The molecule has 5 nitrogen and oxygen atoms in total. The van der Waals surface area contributed by atoms with Gasteiger partial charge in [0.2, 0.25) is 0 Å². The van der Waals surface area contributed by atoms with E-state index in [1.54, 1.807) is 0 Å². The molecule has 0 spiro atoms. The Balaban J connectivity index is 1.54. The largest absolute Gasteiger partial charge is 0.353 e. The van der Waals surface area contributed by atoms with Crippen LogP contribution >= 0.6 is 11.6 Å². The third-order valence-electron chi connectivity index (χ3n) is 5.77. The van der Waals surface area contributed by atoms with Crippen LogP contribution in [0.1, 0.15) is 39.9 Å². The Morgan fingerprint density at radius 1 is 1.00 bits per heavy atom. The molecular formula is C25H26ClFN4O. The number of amides is 1. The molecule has 0 atom stereocenters. The Morgan fingerprint density at radius 2 is 1.66 bits per heavy atom. The lowest BCUT2D eigenvalue weighted by atomic mass is 10.0. The van der Waals surface area contributed by atoms with E-state index in [1.807, 2.05) is 36.1 Å². The van der Waals surface area contributed by atoms with Crippen LogP contribution in [0.2, 0.25) is 5.02 Å². The van der Waals surface area contributed by atoms with Crippen LogP contribution in [0.5, 0.6) is 0 Å². The number of carbonyl (C=O) groups excluding carboxylic acids is 1. The summed E-state index contributed by atoms with van der Waals surface area (Å²) in [6.45, 7) is 6.56. The van der Waals surface area contributed by atoms with Crippen molar-refractivity contribution in [3.8, 4) is 0 Å². The van der Waals surface area contributed by atoms with Crippen molar-refractivity contribution in [1.82, 2.24) is 14.9 Å². The van der Waals surface area contributed by atoms with E-state index in [4.69, 9.17) is 21.6 Å². The van der Waals surface area contributed by atoms with Gasteiger partial charge in [-0.25, -0.2) is 14.4 Å². The second kappa shape index (κ2) is 9.65. The number of halogens is 2. The Kier molecular flexibility index (Phi) is 6.70. The van der Waals surface area contributed by atoms with Crippen LogP contribution < -0.4 is 4.90 Å². The van der Waals surface area contributed by atoms with E-state index in [9.17, 15) is 9.18 Å². The summed E-state index contributed by atoms with van der Waals surface area (Å²) in [5.41, 5.74) is 3.84. The van der Waals surface area contributed by atoms with Crippen molar-refractivity contribution in [2.45, 2.75) is 26.7 Å². The van der Waals surface area contributed by atoms with Gasteiger partial charge in [-0.15, -0.1) is 0 Å². The predicted octanol–water partition coefficient (Wildman–Crippen LogP) is 4.69. The lowest BCUT2D eigenvalue weighted by Gasteiger charge is -2.36. The highest BCUT2D eigenvalue weighted by atomic mass is 35.5. The molecule has 32 heavy (non-hydrogen) atoms. The third kappa shape index (κ3) is 4.91. The number of hydrogen-bond acceptors (Lipinski definition) is 4. The van der Waals surface area contributed by atoms with Crippen LogP contribution in [0.3, 0.4) is 0 Å². The second-order valence-corrected chi connectivity index (χ2v) is 8.40. The zero-order valence-corrected chi connectivity index (χ0v) is 19.1. The molecule has 0 bridgehead atoms. The molecule has 1 aliphatic heterocycles. The molecule has 7 heteroatoms. The van der Waals surface area contributed by atoms with Crippen LogP contribution in [-0.4, -0.2) is 47.0 Å². The van der Waals surface area contributed by atoms with Gasteiger partial charge in [-0.2, -0.15) is 0 Å². The topological polar surface area (TPSA) is 49.3 Å². The Hall–Kier alpha value is -2.99. The third-order valence-corrected chi connectivity index (χ3v) is 6.02. The zero-order valence-electron chi connectivity index (χ0n) is 18.3. The molecule has 1 amide bonds. The van der Waals surface area contributed by atoms with Gasteiger partial charge in [-0.3, -0.25) is 4.79 Å². The SMILES string of the molecule is CCc1nc(C)nc(N2CCN(C(=O)c3ccc(F)cc3)CC2)c1Cc1ccc(Cl)cc1. The fourth-order valence-corrected chi connectivity index (χ4v) is 4.20. The lowest BCUT2D eigenvalue weighted by Crippen LogP contribution is -2.49. The van der Waals surface area contributed by atoms with Gasteiger partial charge in [0.05, 0.1) is 0 Å². The van der Waals surface area contributed by atoms with Crippen LogP contribution in [0, 0.1) is 12.7 Å². The van der Waals surface area contributed by atoms with Gasteiger partial charge in [0, 0.05) is 54.4 Å². The molecule has 1 aromatic heterocycles. The summed E-state index contributed by atoms with van der Waals surface area (Å²) in [5.74, 6) is 1.28. The first-order valence-corrected chi connectivity index (χ1v) is 11.2. The summed E-state index contributed by atoms with van der Waals surface area (Å²) in [6.07, 6.45) is 1.55. The maximum absolute atomic E-state index is 13.2. The van der Waals surface area contributed by atoms with Crippen LogP contribution in [0.4, 0.5) is 10.2 Å². The maximum Gasteiger partial charge on any atom is 0.253 e. The normalized spacial score (nSPS) is 14.0. The molecule has 1 fully saturated rings. The minimum atomic E-state index is -0.342. The smallest absolute Gasteiger partial charge is 0.253 e. The van der Waals surface area contributed by atoms with E-state index >= 15 is 0 Å². The minimum Gasteiger partial charge on any atom is -0.353 e. The fraction of sp³-hybridized carbons (Fsp3) is 0.320. The molecule has 0 N–H and O–H groups in total. The molecule has 0 radical (unpaired) electrons. The van der Waals surface area contributed by atoms with E-state index in [0.29, 0.717) is 36.8 Å². The fourth-order valence-electron chi connectivity index (χ4n) is 4.08. The highest BCUT2D eigenvalue weighted by molar-refractivity contribution is 6.30. The predicted molar refractivity (Wildman–Crippen MR) is 125 cm³/mol. The van der Waals surface area contributed by atoms with Crippen molar-refractivity contribution in [3.05, 3.63) is 87.6 Å². The van der Waals surface area contributed by atoms with Gasteiger partial charge >= 0.3 is 0 Å². The highest BCUT2D eigenvalue weighted by Gasteiger charge is 2.25. The van der Waals surface area contributed by atoms with Gasteiger partial charge in [0.25, 0.3) is 5.91 Å². The summed E-state index contributed by atoms with van der Waals surface area (Å²) in [5, 5.41) is 0.715. The molecular weight excluding hydrogens is 427 g/mol. The molecule has 4 rings (SSSR count). The van der Waals surface area contributed by atoms with Crippen LogP contribution in [0.25, 0.3) is 0 Å². The average molecular weight is 453 g/mol. The van der Waals surface area contributed by atoms with Crippen molar-refractivity contribution in [2.75, 3.05) is 31.1 Å². The van der Waals surface area contributed by atoms with E-state index in [1.165, 1.54) is 24.3 Å². The summed E-state index contributed by atoms with van der Waals surface area (Å²) in [4.78, 5) is 26.3. The number of anilines is 1. The summed E-state index contributed by atoms with van der Waals surface area (Å²) in [6, 6.07) is 13.6. The highest BCUT2D eigenvalue weighted by Crippen LogP contribution is 2.26. The van der Waals surface area contributed by atoms with Crippen LogP contribution in [0.15, 0.2) is 48.5 Å². The molecule has 0 aliphatic carbocycles. The number of carbonyl (C=O) groups is 1. The quantitative estimate of drug-likeness (QED) is 0.563. The van der Waals surface area contributed by atoms with Crippen LogP contribution in [-0.2, 0) is 12.8 Å². The number of aryl methyl sites for hydroxylation is 2. The first-order chi connectivity index (χ1) is 15.4. The first-order valence-electron chi connectivity index (χ1n) is 10.8. The number of hydrogen-bond donors (Lipinski definition) is 0. The Bertz CT molecular complexity index is 1090. The van der Waals surface area contributed by atoms with Gasteiger partial charge in [0.1, 0.15) is 17.5 Å². The Morgan fingerprint density at radius 3 is 2.28 bits per heavy atom. The summed E-state index contributed by atoms with van der Waals surface area (Å²) in [7, 11) is 0. The van der Waals surface area contributed by atoms with Crippen molar-refractivity contribution < 1.29 is 9.18 Å². The van der Waals surface area contributed by atoms with E-state index in [0.717, 1.165) is 41.3 Å². The number of aromatic nitrogens is 2. The molecule has 0 unspecified atom stereocenters. The van der Waals surface area contributed by atoms with Crippen molar-refractivity contribution in [2.24, 2.45) is 0 Å². The average Bonchev–Trinajstić information content (AvgIpc) is 2.81. The second-order valence-electron chi connectivity index (χ2n) is 7.96. The Labute approximate surface area is 192 Å². The molecule has 3 aromatic rings. The molecule has 166 valence electrons. The minimum absolute atomic E-state index is 0.0702.